The van der Waals surface area contributed by atoms with Crippen LogP contribution in [0.15, 0.2) is 0 Å². The molecule has 5 N–H and O–H groups in total. The first-order chi connectivity index (χ1) is 10.3. The number of rotatable bonds is 13. The lowest BCUT2D eigenvalue weighted by Gasteiger charge is -2.32. The van der Waals surface area contributed by atoms with Gasteiger partial charge in [-0.15, -0.1) is 0 Å². The molecular weight excluding hydrogens is 276 g/mol. The molecule has 5 nitrogen and oxygen atoms in total. The van der Waals surface area contributed by atoms with E-state index in [1.165, 1.54) is 6.42 Å². The molecule has 0 rings (SSSR count). The summed E-state index contributed by atoms with van der Waals surface area (Å²) >= 11 is 0. The molecule has 0 heterocycles. The molecule has 5 heteroatoms. The molecule has 0 amide bonds. The lowest BCUT2D eigenvalue weighted by molar-refractivity contribution is 0.0572. The molecule has 0 aromatic heterocycles. The summed E-state index contributed by atoms with van der Waals surface area (Å²) in [6, 6.07) is 1.08. The minimum Gasteiger partial charge on any atom is -0.378 e. The van der Waals surface area contributed by atoms with Gasteiger partial charge in [-0.05, 0) is 46.8 Å². The Morgan fingerprint density at radius 2 is 1.45 bits per heavy atom. The van der Waals surface area contributed by atoms with E-state index in [0.717, 1.165) is 19.5 Å². The zero-order valence-corrected chi connectivity index (χ0v) is 15.7. The molecule has 134 valence electrons. The van der Waals surface area contributed by atoms with Crippen molar-refractivity contribution >= 4 is 0 Å². The van der Waals surface area contributed by atoms with Gasteiger partial charge >= 0.3 is 0 Å². The van der Waals surface area contributed by atoms with Crippen molar-refractivity contribution in [3.8, 4) is 0 Å². The molecule has 0 aromatic carbocycles. The Morgan fingerprint density at radius 1 is 0.864 bits per heavy atom. The average molecular weight is 317 g/mol. The van der Waals surface area contributed by atoms with Gasteiger partial charge in [-0.1, -0.05) is 27.2 Å². The Balaban J connectivity index is 4.53. The van der Waals surface area contributed by atoms with E-state index >= 15 is 0 Å². The molecule has 0 saturated heterocycles. The van der Waals surface area contributed by atoms with E-state index in [0.29, 0.717) is 24.0 Å². The Hall–Kier alpha value is -0.200. The summed E-state index contributed by atoms with van der Waals surface area (Å²) in [7, 11) is 3.93. The molecule has 0 fully saturated rings. The lowest BCUT2D eigenvalue weighted by atomic mass is 9.93. The van der Waals surface area contributed by atoms with Crippen LogP contribution < -0.4 is 21.3 Å². The fourth-order valence-electron chi connectivity index (χ4n) is 2.29. The zero-order valence-electron chi connectivity index (χ0n) is 15.7. The SMILES string of the molecule is CCC(C)CNC(CC(C)NC)C(C)C(O)NCC(C)NC. The van der Waals surface area contributed by atoms with Crippen LogP contribution in [0, 0.1) is 11.8 Å². The maximum Gasteiger partial charge on any atom is 0.109 e. The summed E-state index contributed by atoms with van der Waals surface area (Å²) < 4.78 is 0. The topological polar surface area (TPSA) is 68.3 Å². The van der Waals surface area contributed by atoms with Crippen molar-refractivity contribution in [3.63, 3.8) is 0 Å². The summed E-state index contributed by atoms with van der Waals surface area (Å²) in [4.78, 5) is 0. The molecule has 0 spiro atoms. The molecule has 6 unspecified atom stereocenters. The van der Waals surface area contributed by atoms with Gasteiger partial charge in [-0.2, -0.15) is 0 Å². The van der Waals surface area contributed by atoms with Crippen LogP contribution in [0.25, 0.3) is 0 Å². The Morgan fingerprint density at radius 3 is 1.95 bits per heavy atom. The lowest BCUT2D eigenvalue weighted by Crippen LogP contribution is -2.51. The molecule has 0 bridgehead atoms. The molecule has 0 aliphatic rings. The quantitative estimate of drug-likeness (QED) is 0.330. The Bertz CT molecular complexity index is 265. The highest BCUT2D eigenvalue weighted by molar-refractivity contribution is 4.82. The van der Waals surface area contributed by atoms with Crippen LogP contribution in [0.5, 0.6) is 0 Å². The van der Waals surface area contributed by atoms with Crippen molar-refractivity contribution in [3.05, 3.63) is 0 Å². The minimum atomic E-state index is -0.491. The van der Waals surface area contributed by atoms with Crippen LogP contribution in [0.2, 0.25) is 0 Å². The maximum atomic E-state index is 10.4. The van der Waals surface area contributed by atoms with Crippen molar-refractivity contribution in [1.29, 1.82) is 0 Å². The van der Waals surface area contributed by atoms with Crippen molar-refractivity contribution in [2.75, 3.05) is 27.2 Å². The van der Waals surface area contributed by atoms with Gasteiger partial charge in [0.25, 0.3) is 0 Å². The first-order valence-corrected chi connectivity index (χ1v) is 8.84. The monoisotopic (exact) mass is 316 g/mol. The number of likely N-dealkylation sites (N-methyl/N-ethyl adjacent to an activating group) is 1. The van der Waals surface area contributed by atoms with E-state index in [9.17, 15) is 5.11 Å². The summed E-state index contributed by atoms with van der Waals surface area (Å²) in [5.41, 5.74) is 0. The van der Waals surface area contributed by atoms with Gasteiger partial charge in [-0.25, -0.2) is 0 Å². The van der Waals surface area contributed by atoms with E-state index in [4.69, 9.17) is 0 Å². The van der Waals surface area contributed by atoms with Gasteiger partial charge < -0.3 is 21.1 Å². The van der Waals surface area contributed by atoms with Crippen LogP contribution in [-0.2, 0) is 0 Å². The first-order valence-electron chi connectivity index (χ1n) is 8.84. The Labute approximate surface area is 138 Å². The third-order valence-corrected chi connectivity index (χ3v) is 4.78. The Kier molecular flexibility index (Phi) is 12.1. The van der Waals surface area contributed by atoms with Gasteiger partial charge in [0.05, 0.1) is 0 Å². The minimum absolute atomic E-state index is 0.156. The number of aliphatic hydroxyl groups excluding tert-OH is 1. The molecule has 0 radical (unpaired) electrons. The van der Waals surface area contributed by atoms with Crippen LogP contribution in [0.1, 0.15) is 47.5 Å². The van der Waals surface area contributed by atoms with Crippen molar-refractivity contribution in [1.82, 2.24) is 21.3 Å². The van der Waals surface area contributed by atoms with E-state index in [1.807, 2.05) is 14.1 Å². The van der Waals surface area contributed by atoms with Gasteiger partial charge in [0.1, 0.15) is 6.23 Å². The summed E-state index contributed by atoms with van der Waals surface area (Å²) in [6.45, 7) is 12.7. The summed E-state index contributed by atoms with van der Waals surface area (Å²) in [5.74, 6) is 0.818. The highest BCUT2D eigenvalue weighted by Gasteiger charge is 2.25. The van der Waals surface area contributed by atoms with Crippen LogP contribution >= 0.6 is 0 Å². The van der Waals surface area contributed by atoms with E-state index in [2.05, 4.69) is 55.9 Å². The average Bonchev–Trinajstić information content (AvgIpc) is 2.54. The smallest absolute Gasteiger partial charge is 0.109 e. The van der Waals surface area contributed by atoms with Crippen LogP contribution in [0.4, 0.5) is 0 Å². The predicted octanol–water partition coefficient (Wildman–Crippen LogP) is 1.14. The molecule has 0 aromatic rings. The highest BCUT2D eigenvalue weighted by atomic mass is 16.3. The normalized spacial score (nSPS) is 20.2. The van der Waals surface area contributed by atoms with Crippen LogP contribution in [0.3, 0.4) is 0 Å². The largest absolute Gasteiger partial charge is 0.378 e. The molecule has 0 aliphatic heterocycles. The molecule has 6 atom stereocenters. The first kappa shape index (κ1) is 21.8. The standard InChI is InChI=1S/C17H40N4O/c1-8-12(2)10-20-16(9-13(3)18-6)15(5)17(22)21-11-14(4)19-7/h12-22H,8-11H2,1-7H3. The molecule has 22 heavy (non-hydrogen) atoms. The second kappa shape index (κ2) is 12.3. The molecule has 0 aliphatic carbocycles. The third kappa shape index (κ3) is 9.06. The van der Waals surface area contributed by atoms with E-state index in [1.54, 1.807) is 0 Å². The zero-order chi connectivity index (χ0) is 17.1. The number of hydrogen-bond donors (Lipinski definition) is 5. The van der Waals surface area contributed by atoms with Gasteiger partial charge in [-0.3, -0.25) is 5.32 Å². The third-order valence-electron chi connectivity index (χ3n) is 4.78. The van der Waals surface area contributed by atoms with Crippen molar-refractivity contribution in [2.24, 2.45) is 11.8 Å². The number of hydrogen-bond acceptors (Lipinski definition) is 5. The molecule has 0 saturated carbocycles. The maximum absolute atomic E-state index is 10.4. The second-order valence-electron chi connectivity index (χ2n) is 6.86. The number of nitrogens with one attached hydrogen (secondary N) is 4. The van der Waals surface area contributed by atoms with E-state index < -0.39 is 6.23 Å². The fourth-order valence-corrected chi connectivity index (χ4v) is 2.29. The van der Waals surface area contributed by atoms with Crippen molar-refractivity contribution in [2.45, 2.75) is 71.8 Å². The van der Waals surface area contributed by atoms with Crippen LogP contribution in [-0.4, -0.2) is 56.6 Å². The second-order valence-corrected chi connectivity index (χ2v) is 6.86. The number of aliphatic hydroxyl groups is 1. The van der Waals surface area contributed by atoms with Crippen molar-refractivity contribution < 1.29 is 5.11 Å². The highest BCUT2D eigenvalue weighted by Crippen LogP contribution is 2.14. The van der Waals surface area contributed by atoms with E-state index in [-0.39, 0.29) is 5.92 Å². The van der Waals surface area contributed by atoms with Gasteiger partial charge in [0.15, 0.2) is 0 Å². The summed E-state index contributed by atoms with van der Waals surface area (Å²) in [6.07, 6.45) is 1.69. The summed E-state index contributed by atoms with van der Waals surface area (Å²) in [5, 5.41) is 23.8. The molecular formula is C17H40N4O. The van der Waals surface area contributed by atoms with Gasteiger partial charge in [0.2, 0.25) is 0 Å². The fraction of sp³-hybridized carbons (Fsp3) is 1.00. The van der Waals surface area contributed by atoms with Gasteiger partial charge in [0, 0.05) is 30.6 Å². The predicted molar refractivity (Wildman–Crippen MR) is 96.1 cm³/mol.